The van der Waals surface area contributed by atoms with Gasteiger partial charge in [-0.2, -0.15) is 0 Å². The van der Waals surface area contributed by atoms with E-state index in [4.69, 9.17) is 4.74 Å². The molecule has 2 amide bonds. The molecular formula is C24H28N2O4. The first-order valence-electron chi connectivity index (χ1n) is 10.4. The molecule has 2 aromatic carbocycles. The van der Waals surface area contributed by atoms with Gasteiger partial charge in [-0.05, 0) is 56.2 Å². The van der Waals surface area contributed by atoms with E-state index in [9.17, 15) is 14.4 Å². The average Bonchev–Trinajstić information content (AvgIpc) is 2.73. The van der Waals surface area contributed by atoms with Crippen molar-refractivity contribution in [3.63, 3.8) is 0 Å². The van der Waals surface area contributed by atoms with Gasteiger partial charge in [0.2, 0.25) is 5.91 Å². The predicted octanol–water partition coefficient (Wildman–Crippen LogP) is 3.97. The highest BCUT2D eigenvalue weighted by Gasteiger charge is 2.20. The first-order chi connectivity index (χ1) is 14.4. The van der Waals surface area contributed by atoms with Crippen molar-refractivity contribution < 1.29 is 19.1 Å². The Morgan fingerprint density at radius 3 is 2.33 bits per heavy atom. The SMILES string of the molecule is Cc1ccc(C(=O)N(C)c2ccc(OC(=O)CN3CCCCCCC3=O)cc2)cc1. The Morgan fingerprint density at radius 1 is 0.967 bits per heavy atom. The molecule has 1 saturated heterocycles. The van der Waals surface area contributed by atoms with E-state index in [0.29, 0.717) is 30.0 Å². The second-order valence-electron chi connectivity index (χ2n) is 7.68. The highest BCUT2D eigenvalue weighted by atomic mass is 16.5. The van der Waals surface area contributed by atoms with Crippen LogP contribution in [0.15, 0.2) is 48.5 Å². The van der Waals surface area contributed by atoms with Gasteiger partial charge in [0.1, 0.15) is 12.3 Å². The molecule has 0 saturated carbocycles. The van der Waals surface area contributed by atoms with E-state index in [2.05, 4.69) is 0 Å². The molecule has 0 aliphatic carbocycles. The third-order valence-corrected chi connectivity index (χ3v) is 5.30. The van der Waals surface area contributed by atoms with Crippen molar-refractivity contribution in [3.05, 3.63) is 59.7 Å². The van der Waals surface area contributed by atoms with Crippen molar-refractivity contribution in [1.82, 2.24) is 4.90 Å². The molecule has 158 valence electrons. The molecule has 0 N–H and O–H groups in total. The molecule has 0 spiro atoms. The molecule has 0 unspecified atom stereocenters. The Hall–Kier alpha value is -3.15. The first kappa shape index (κ1) is 21.6. The minimum Gasteiger partial charge on any atom is -0.425 e. The monoisotopic (exact) mass is 408 g/mol. The minimum absolute atomic E-state index is 0.0123. The topological polar surface area (TPSA) is 66.9 Å². The average molecular weight is 408 g/mol. The fourth-order valence-electron chi connectivity index (χ4n) is 3.45. The van der Waals surface area contributed by atoms with Gasteiger partial charge in [-0.15, -0.1) is 0 Å². The number of hydrogen-bond acceptors (Lipinski definition) is 4. The number of anilines is 1. The van der Waals surface area contributed by atoms with Gasteiger partial charge in [0.05, 0.1) is 0 Å². The number of ether oxygens (including phenoxy) is 1. The van der Waals surface area contributed by atoms with Gasteiger partial charge in [0, 0.05) is 31.3 Å². The van der Waals surface area contributed by atoms with Gasteiger partial charge >= 0.3 is 5.97 Å². The number of likely N-dealkylation sites (tertiary alicyclic amines) is 1. The summed E-state index contributed by atoms with van der Waals surface area (Å²) < 4.78 is 5.39. The summed E-state index contributed by atoms with van der Waals surface area (Å²) >= 11 is 0. The molecule has 2 aromatic rings. The summed E-state index contributed by atoms with van der Waals surface area (Å²) in [5.41, 5.74) is 2.40. The van der Waals surface area contributed by atoms with Crippen LogP contribution in [0.2, 0.25) is 0 Å². The van der Waals surface area contributed by atoms with E-state index < -0.39 is 5.97 Å². The Labute approximate surface area is 177 Å². The quantitative estimate of drug-likeness (QED) is 0.555. The van der Waals surface area contributed by atoms with Gasteiger partial charge in [-0.3, -0.25) is 9.59 Å². The summed E-state index contributed by atoms with van der Waals surface area (Å²) in [6.07, 6.45) is 4.42. The largest absolute Gasteiger partial charge is 0.425 e. The molecule has 1 aliphatic rings. The van der Waals surface area contributed by atoms with Crippen LogP contribution in [0.1, 0.15) is 48.0 Å². The Kier molecular flexibility index (Phi) is 7.22. The van der Waals surface area contributed by atoms with Crippen LogP contribution < -0.4 is 9.64 Å². The highest BCUT2D eigenvalue weighted by Crippen LogP contribution is 2.21. The molecule has 0 atom stereocenters. The summed E-state index contributed by atoms with van der Waals surface area (Å²) in [5, 5.41) is 0. The number of esters is 1. The maximum Gasteiger partial charge on any atom is 0.331 e. The molecule has 1 fully saturated rings. The van der Waals surface area contributed by atoms with Crippen molar-refractivity contribution in [2.45, 2.75) is 39.0 Å². The molecule has 6 heteroatoms. The van der Waals surface area contributed by atoms with Crippen molar-refractivity contribution in [3.8, 4) is 5.75 Å². The highest BCUT2D eigenvalue weighted by molar-refractivity contribution is 6.05. The molecule has 30 heavy (non-hydrogen) atoms. The lowest BCUT2D eigenvalue weighted by molar-refractivity contribution is -0.143. The van der Waals surface area contributed by atoms with E-state index in [-0.39, 0.29) is 18.4 Å². The third kappa shape index (κ3) is 5.69. The number of benzene rings is 2. The maximum atomic E-state index is 12.6. The van der Waals surface area contributed by atoms with Crippen molar-refractivity contribution >= 4 is 23.5 Å². The molecule has 1 aliphatic heterocycles. The number of carbonyl (C=O) groups excluding carboxylic acids is 3. The molecule has 3 rings (SSSR count). The van der Waals surface area contributed by atoms with Crippen LogP contribution in [-0.4, -0.2) is 42.8 Å². The van der Waals surface area contributed by atoms with Crippen LogP contribution in [0.5, 0.6) is 5.75 Å². The fourth-order valence-corrected chi connectivity index (χ4v) is 3.45. The zero-order chi connectivity index (χ0) is 21.5. The zero-order valence-corrected chi connectivity index (χ0v) is 17.6. The van der Waals surface area contributed by atoms with Crippen molar-refractivity contribution in [1.29, 1.82) is 0 Å². The van der Waals surface area contributed by atoms with Gasteiger partial charge < -0.3 is 14.5 Å². The van der Waals surface area contributed by atoms with E-state index >= 15 is 0 Å². The molecule has 1 heterocycles. The van der Waals surface area contributed by atoms with Crippen LogP contribution in [0.4, 0.5) is 5.69 Å². The molecule has 0 aromatic heterocycles. The second kappa shape index (κ2) is 10.1. The van der Waals surface area contributed by atoms with E-state index in [1.165, 1.54) is 0 Å². The molecule has 0 radical (unpaired) electrons. The fraction of sp³-hybridized carbons (Fsp3) is 0.375. The third-order valence-electron chi connectivity index (χ3n) is 5.30. The Bertz CT molecular complexity index is 890. The summed E-state index contributed by atoms with van der Waals surface area (Å²) in [6, 6.07) is 14.2. The number of carbonyl (C=O) groups is 3. The van der Waals surface area contributed by atoms with Crippen LogP contribution >= 0.6 is 0 Å². The first-order valence-corrected chi connectivity index (χ1v) is 10.4. The van der Waals surface area contributed by atoms with Crippen molar-refractivity contribution in [2.24, 2.45) is 0 Å². The van der Waals surface area contributed by atoms with Crippen LogP contribution in [-0.2, 0) is 9.59 Å². The number of amides is 2. The summed E-state index contributed by atoms with van der Waals surface area (Å²) in [7, 11) is 1.71. The van der Waals surface area contributed by atoms with Crippen molar-refractivity contribution in [2.75, 3.05) is 25.0 Å². The van der Waals surface area contributed by atoms with Gasteiger partial charge in [-0.25, -0.2) is 4.79 Å². The lowest BCUT2D eigenvalue weighted by atomic mass is 10.1. The molecule has 6 nitrogen and oxygen atoms in total. The Morgan fingerprint density at radius 2 is 1.63 bits per heavy atom. The number of nitrogens with zero attached hydrogens (tertiary/aromatic N) is 2. The van der Waals surface area contributed by atoms with E-state index in [0.717, 1.165) is 31.2 Å². The smallest absolute Gasteiger partial charge is 0.331 e. The van der Waals surface area contributed by atoms with Crippen LogP contribution in [0, 0.1) is 6.92 Å². The van der Waals surface area contributed by atoms with Crippen LogP contribution in [0.3, 0.4) is 0 Å². The minimum atomic E-state index is -0.458. The normalized spacial score (nSPS) is 14.6. The van der Waals surface area contributed by atoms with Gasteiger partial charge in [0.15, 0.2) is 0 Å². The Balaban J connectivity index is 1.58. The number of hydrogen-bond donors (Lipinski definition) is 0. The summed E-state index contributed by atoms with van der Waals surface area (Å²) in [6.45, 7) is 2.54. The van der Waals surface area contributed by atoms with Crippen LogP contribution in [0.25, 0.3) is 0 Å². The van der Waals surface area contributed by atoms with E-state index in [1.807, 2.05) is 19.1 Å². The summed E-state index contributed by atoms with van der Waals surface area (Å²) in [4.78, 5) is 40.2. The van der Waals surface area contributed by atoms with Gasteiger partial charge in [0.25, 0.3) is 5.91 Å². The molecule has 0 bridgehead atoms. The van der Waals surface area contributed by atoms with Gasteiger partial charge in [-0.1, -0.05) is 30.5 Å². The molecular weight excluding hydrogens is 380 g/mol. The predicted molar refractivity (Wildman–Crippen MR) is 116 cm³/mol. The number of rotatable bonds is 5. The zero-order valence-electron chi connectivity index (χ0n) is 17.6. The second-order valence-corrected chi connectivity index (χ2v) is 7.68. The maximum absolute atomic E-state index is 12.6. The summed E-state index contributed by atoms with van der Waals surface area (Å²) in [5.74, 6) is -0.172. The van der Waals surface area contributed by atoms with E-state index in [1.54, 1.807) is 53.2 Å². The lowest BCUT2D eigenvalue weighted by Gasteiger charge is -2.23. The number of aryl methyl sites for hydroxylation is 1. The standard InChI is InChI=1S/C24H28N2O4/c1-18-8-10-19(11-9-18)24(29)25(2)20-12-14-21(15-13-20)30-23(28)17-26-16-6-4-3-5-7-22(26)27/h8-15H,3-7,16-17H2,1-2H3. The lowest BCUT2D eigenvalue weighted by Crippen LogP contribution is -2.38.